The number of pyridine rings is 1. The summed E-state index contributed by atoms with van der Waals surface area (Å²) in [5.74, 6) is -0.230. The van der Waals surface area contributed by atoms with Gasteiger partial charge in [0.15, 0.2) is 0 Å². The topological polar surface area (TPSA) is 62.2 Å². The summed E-state index contributed by atoms with van der Waals surface area (Å²) in [5.41, 5.74) is 1.84. The highest BCUT2D eigenvalue weighted by Gasteiger charge is 2.34. The van der Waals surface area contributed by atoms with Gasteiger partial charge >= 0.3 is 0 Å². The van der Waals surface area contributed by atoms with Crippen LogP contribution in [-0.2, 0) is 16.8 Å². The van der Waals surface area contributed by atoms with E-state index in [0.29, 0.717) is 6.42 Å². The standard InChI is InChI=1S/C19H20N2O2/c22-18(11-10-16-8-3-4-13-20-16)21-14-19(23)12-5-7-15-6-1-2-9-17(15)19/h1-4,6,8-11,13,23H,5,7,12,14H2,(H,21,22)/b11-10+. The summed E-state index contributed by atoms with van der Waals surface area (Å²) < 4.78 is 0. The lowest BCUT2D eigenvalue weighted by Gasteiger charge is -2.34. The second-order valence-electron chi connectivity index (χ2n) is 5.85. The first-order valence-corrected chi connectivity index (χ1v) is 7.85. The molecular formula is C19H20N2O2. The van der Waals surface area contributed by atoms with Gasteiger partial charge in [-0.1, -0.05) is 30.3 Å². The van der Waals surface area contributed by atoms with Crippen molar-refractivity contribution in [3.63, 3.8) is 0 Å². The number of aryl methyl sites for hydroxylation is 1. The van der Waals surface area contributed by atoms with Gasteiger partial charge in [0.05, 0.1) is 12.2 Å². The molecule has 1 aromatic carbocycles. The van der Waals surface area contributed by atoms with Crippen LogP contribution in [0.1, 0.15) is 29.7 Å². The largest absolute Gasteiger partial charge is 0.383 e. The lowest BCUT2D eigenvalue weighted by Crippen LogP contribution is -2.42. The quantitative estimate of drug-likeness (QED) is 0.853. The van der Waals surface area contributed by atoms with Crippen LogP contribution >= 0.6 is 0 Å². The predicted octanol–water partition coefficient (Wildman–Crippen LogP) is 2.44. The number of amides is 1. The Balaban J connectivity index is 1.64. The van der Waals surface area contributed by atoms with Crippen molar-refractivity contribution in [2.24, 2.45) is 0 Å². The van der Waals surface area contributed by atoms with Crippen molar-refractivity contribution in [2.75, 3.05) is 6.54 Å². The average molecular weight is 308 g/mol. The smallest absolute Gasteiger partial charge is 0.244 e. The fraction of sp³-hybridized carbons (Fsp3) is 0.263. The molecule has 0 bridgehead atoms. The van der Waals surface area contributed by atoms with E-state index in [1.165, 1.54) is 11.6 Å². The van der Waals surface area contributed by atoms with Gasteiger partial charge in [0.25, 0.3) is 0 Å². The summed E-state index contributed by atoms with van der Waals surface area (Å²) in [6.45, 7) is 0.218. The van der Waals surface area contributed by atoms with Gasteiger partial charge in [-0.2, -0.15) is 0 Å². The molecule has 4 nitrogen and oxygen atoms in total. The molecule has 2 N–H and O–H groups in total. The highest BCUT2D eigenvalue weighted by molar-refractivity contribution is 5.91. The Labute approximate surface area is 135 Å². The molecular weight excluding hydrogens is 288 g/mol. The Bertz CT molecular complexity index is 712. The molecule has 0 saturated heterocycles. The number of fused-ring (bicyclic) bond motifs is 1. The molecule has 1 aliphatic rings. The third kappa shape index (κ3) is 3.66. The fourth-order valence-corrected chi connectivity index (χ4v) is 3.01. The minimum Gasteiger partial charge on any atom is -0.383 e. The summed E-state index contributed by atoms with van der Waals surface area (Å²) in [6, 6.07) is 13.4. The molecule has 2 aromatic rings. The number of aliphatic hydroxyl groups is 1. The van der Waals surface area contributed by atoms with E-state index in [1.54, 1.807) is 12.3 Å². The van der Waals surface area contributed by atoms with Crippen molar-refractivity contribution < 1.29 is 9.90 Å². The van der Waals surface area contributed by atoms with Crippen LogP contribution in [0.5, 0.6) is 0 Å². The summed E-state index contributed by atoms with van der Waals surface area (Å²) in [7, 11) is 0. The number of aromatic nitrogens is 1. The molecule has 1 atom stereocenters. The first-order chi connectivity index (χ1) is 11.2. The van der Waals surface area contributed by atoms with E-state index in [4.69, 9.17) is 0 Å². The zero-order valence-electron chi connectivity index (χ0n) is 12.9. The molecule has 1 aromatic heterocycles. The van der Waals surface area contributed by atoms with Gasteiger partial charge in [0.2, 0.25) is 5.91 Å². The predicted molar refractivity (Wildman–Crippen MR) is 89.6 cm³/mol. The van der Waals surface area contributed by atoms with Crippen LogP contribution < -0.4 is 5.32 Å². The van der Waals surface area contributed by atoms with Crippen molar-refractivity contribution >= 4 is 12.0 Å². The summed E-state index contributed by atoms with van der Waals surface area (Å²) >= 11 is 0. The van der Waals surface area contributed by atoms with Crippen molar-refractivity contribution in [2.45, 2.75) is 24.9 Å². The Kier molecular flexibility index (Phi) is 4.53. The van der Waals surface area contributed by atoms with E-state index in [9.17, 15) is 9.90 Å². The number of benzene rings is 1. The highest BCUT2D eigenvalue weighted by atomic mass is 16.3. The van der Waals surface area contributed by atoms with Crippen LogP contribution in [-0.4, -0.2) is 22.5 Å². The molecule has 23 heavy (non-hydrogen) atoms. The Morgan fingerprint density at radius 2 is 2.09 bits per heavy atom. The number of nitrogens with zero attached hydrogens (tertiary/aromatic N) is 1. The van der Waals surface area contributed by atoms with E-state index in [1.807, 2.05) is 42.5 Å². The molecule has 3 rings (SSSR count). The van der Waals surface area contributed by atoms with E-state index in [-0.39, 0.29) is 12.5 Å². The zero-order valence-corrected chi connectivity index (χ0v) is 12.9. The highest BCUT2D eigenvalue weighted by Crippen LogP contribution is 2.34. The third-order valence-electron chi connectivity index (χ3n) is 4.20. The van der Waals surface area contributed by atoms with Gasteiger partial charge < -0.3 is 10.4 Å². The molecule has 0 saturated carbocycles. The summed E-state index contributed by atoms with van der Waals surface area (Å²) in [4.78, 5) is 16.1. The molecule has 0 aliphatic heterocycles. The number of carbonyl (C=O) groups is 1. The second-order valence-corrected chi connectivity index (χ2v) is 5.85. The van der Waals surface area contributed by atoms with Gasteiger partial charge in [-0.25, -0.2) is 0 Å². The number of hydrogen-bond donors (Lipinski definition) is 2. The normalized spacial score (nSPS) is 20.2. The van der Waals surface area contributed by atoms with Crippen LogP contribution in [0.25, 0.3) is 6.08 Å². The maximum Gasteiger partial charge on any atom is 0.244 e. The Hall–Kier alpha value is -2.46. The van der Waals surface area contributed by atoms with Crippen molar-refractivity contribution in [3.8, 4) is 0 Å². The van der Waals surface area contributed by atoms with Gasteiger partial charge in [0, 0.05) is 12.3 Å². The summed E-state index contributed by atoms with van der Waals surface area (Å²) in [6.07, 6.45) is 7.35. The Morgan fingerprint density at radius 1 is 1.26 bits per heavy atom. The first-order valence-electron chi connectivity index (χ1n) is 7.85. The summed E-state index contributed by atoms with van der Waals surface area (Å²) in [5, 5.41) is 13.7. The number of hydrogen-bond acceptors (Lipinski definition) is 3. The van der Waals surface area contributed by atoms with E-state index >= 15 is 0 Å². The van der Waals surface area contributed by atoms with Crippen molar-refractivity contribution in [1.29, 1.82) is 0 Å². The SMILES string of the molecule is O=C(/C=C/c1ccccn1)NCC1(O)CCCc2ccccc21. The molecule has 0 spiro atoms. The fourth-order valence-electron chi connectivity index (χ4n) is 3.01. The van der Waals surface area contributed by atoms with E-state index < -0.39 is 5.60 Å². The molecule has 118 valence electrons. The lowest BCUT2D eigenvalue weighted by atomic mass is 9.79. The molecule has 1 amide bonds. The maximum absolute atomic E-state index is 12.0. The molecule has 4 heteroatoms. The number of carbonyl (C=O) groups excluding carboxylic acids is 1. The minimum absolute atomic E-state index is 0.218. The molecule has 1 heterocycles. The van der Waals surface area contributed by atoms with Crippen LogP contribution in [0.4, 0.5) is 0 Å². The lowest BCUT2D eigenvalue weighted by molar-refractivity contribution is -0.118. The minimum atomic E-state index is -0.983. The number of nitrogens with one attached hydrogen (secondary N) is 1. The van der Waals surface area contributed by atoms with Crippen LogP contribution in [0.3, 0.4) is 0 Å². The number of rotatable bonds is 4. The Morgan fingerprint density at radius 3 is 2.91 bits per heavy atom. The third-order valence-corrected chi connectivity index (χ3v) is 4.20. The second kappa shape index (κ2) is 6.75. The molecule has 1 unspecified atom stereocenters. The molecule has 0 radical (unpaired) electrons. The average Bonchev–Trinajstić information content (AvgIpc) is 2.60. The van der Waals surface area contributed by atoms with Gasteiger partial charge in [-0.3, -0.25) is 9.78 Å². The van der Waals surface area contributed by atoms with Crippen LogP contribution in [0.2, 0.25) is 0 Å². The first kappa shape index (κ1) is 15.4. The zero-order chi connectivity index (χ0) is 16.1. The molecule has 0 fully saturated rings. The maximum atomic E-state index is 12.0. The van der Waals surface area contributed by atoms with E-state index in [0.717, 1.165) is 24.1 Å². The monoisotopic (exact) mass is 308 g/mol. The van der Waals surface area contributed by atoms with Gasteiger partial charge in [0.1, 0.15) is 5.60 Å². The van der Waals surface area contributed by atoms with Crippen molar-refractivity contribution in [1.82, 2.24) is 10.3 Å². The van der Waals surface area contributed by atoms with Crippen LogP contribution in [0, 0.1) is 0 Å². The van der Waals surface area contributed by atoms with Gasteiger partial charge in [-0.05, 0) is 48.6 Å². The molecule has 1 aliphatic carbocycles. The van der Waals surface area contributed by atoms with Gasteiger partial charge in [-0.15, -0.1) is 0 Å². The van der Waals surface area contributed by atoms with Crippen molar-refractivity contribution in [3.05, 3.63) is 71.6 Å². The van der Waals surface area contributed by atoms with E-state index in [2.05, 4.69) is 10.3 Å². The van der Waals surface area contributed by atoms with Crippen LogP contribution in [0.15, 0.2) is 54.7 Å².